The highest BCUT2D eigenvalue weighted by Gasteiger charge is 2.34. The molecule has 1 N–H and O–H groups in total. The summed E-state index contributed by atoms with van der Waals surface area (Å²) in [5.74, 6) is 0.639. The zero-order chi connectivity index (χ0) is 16.5. The molecule has 1 aliphatic rings. The molecule has 24 heavy (non-hydrogen) atoms. The SMILES string of the molecule is Cn1cc(C(=O)N2CCCC2c2nccnc2-c2ncc[nH]2)cn1. The third kappa shape index (κ3) is 2.45. The molecule has 8 heteroatoms. The van der Waals surface area contributed by atoms with Crippen molar-refractivity contribution in [3.63, 3.8) is 0 Å². The second kappa shape index (κ2) is 5.88. The van der Waals surface area contributed by atoms with Crippen molar-refractivity contribution in [1.82, 2.24) is 34.6 Å². The number of imidazole rings is 1. The van der Waals surface area contributed by atoms with Gasteiger partial charge in [0.2, 0.25) is 0 Å². The number of amides is 1. The molecule has 1 saturated heterocycles. The lowest BCUT2D eigenvalue weighted by Crippen LogP contribution is -2.31. The number of aromatic nitrogens is 6. The lowest BCUT2D eigenvalue weighted by molar-refractivity contribution is 0.0733. The summed E-state index contributed by atoms with van der Waals surface area (Å²) in [4.78, 5) is 31.0. The van der Waals surface area contributed by atoms with Crippen LogP contribution >= 0.6 is 0 Å². The van der Waals surface area contributed by atoms with E-state index >= 15 is 0 Å². The van der Waals surface area contributed by atoms with Gasteiger partial charge < -0.3 is 9.88 Å². The fourth-order valence-corrected chi connectivity index (χ4v) is 3.16. The maximum atomic E-state index is 12.8. The molecular formula is C16H17N7O. The summed E-state index contributed by atoms with van der Waals surface area (Å²) in [6.07, 6.45) is 11.9. The third-order valence-electron chi connectivity index (χ3n) is 4.23. The van der Waals surface area contributed by atoms with E-state index in [2.05, 4.69) is 25.0 Å². The molecule has 3 aromatic heterocycles. The summed E-state index contributed by atoms with van der Waals surface area (Å²) < 4.78 is 1.63. The van der Waals surface area contributed by atoms with E-state index in [1.54, 1.807) is 48.9 Å². The minimum Gasteiger partial charge on any atom is -0.343 e. The molecule has 4 heterocycles. The second-order valence-electron chi connectivity index (χ2n) is 5.79. The van der Waals surface area contributed by atoms with Gasteiger partial charge in [0, 0.05) is 44.6 Å². The summed E-state index contributed by atoms with van der Waals surface area (Å²) in [7, 11) is 1.80. The fourth-order valence-electron chi connectivity index (χ4n) is 3.16. The number of aromatic amines is 1. The van der Waals surface area contributed by atoms with Gasteiger partial charge >= 0.3 is 0 Å². The van der Waals surface area contributed by atoms with Gasteiger partial charge in [-0.1, -0.05) is 0 Å². The molecule has 0 radical (unpaired) electrons. The predicted molar refractivity (Wildman–Crippen MR) is 85.8 cm³/mol. The average Bonchev–Trinajstić information content (AvgIpc) is 3.35. The summed E-state index contributed by atoms with van der Waals surface area (Å²) in [6.45, 7) is 0.701. The summed E-state index contributed by atoms with van der Waals surface area (Å²) >= 11 is 0. The van der Waals surface area contributed by atoms with E-state index in [4.69, 9.17) is 0 Å². The van der Waals surface area contributed by atoms with Gasteiger partial charge in [-0.15, -0.1) is 0 Å². The predicted octanol–water partition coefficient (Wildman–Crippen LogP) is 1.58. The standard InChI is InChI=1S/C16H17N7O/c1-22-10-11(9-21-22)16(24)23-8-2-3-12(23)13-14(18-5-4-17-13)15-19-6-7-20-15/h4-7,9-10,12H,2-3,8H2,1H3,(H,19,20). The first-order valence-electron chi connectivity index (χ1n) is 7.84. The number of rotatable bonds is 3. The smallest absolute Gasteiger partial charge is 0.257 e. The van der Waals surface area contributed by atoms with E-state index in [9.17, 15) is 4.79 Å². The Morgan fingerprint density at radius 3 is 2.88 bits per heavy atom. The summed E-state index contributed by atoms with van der Waals surface area (Å²) in [5.41, 5.74) is 2.06. The fraction of sp³-hybridized carbons (Fsp3) is 0.312. The topological polar surface area (TPSA) is 92.6 Å². The molecule has 0 aromatic carbocycles. The normalized spacial score (nSPS) is 17.4. The molecule has 1 unspecified atom stereocenters. The van der Waals surface area contributed by atoms with Gasteiger partial charge in [-0.3, -0.25) is 14.5 Å². The summed E-state index contributed by atoms with van der Waals surface area (Å²) in [6, 6.07) is -0.105. The molecule has 1 aliphatic heterocycles. The molecule has 1 atom stereocenters. The molecule has 3 aromatic rings. The van der Waals surface area contributed by atoms with Crippen LogP contribution in [-0.2, 0) is 7.05 Å². The van der Waals surface area contributed by atoms with Gasteiger partial charge in [-0.25, -0.2) is 9.97 Å². The van der Waals surface area contributed by atoms with Crippen molar-refractivity contribution in [2.75, 3.05) is 6.54 Å². The molecule has 0 bridgehead atoms. The number of hydrogen-bond donors (Lipinski definition) is 1. The van der Waals surface area contributed by atoms with E-state index < -0.39 is 0 Å². The Bertz CT molecular complexity index is 855. The number of nitrogens with zero attached hydrogens (tertiary/aromatic N) is 6. The summed E-state index contributed by atoms with van der Waals surface area (Å²) in [5, 5.41) is 4.09. The van der Waals surface area contributed by atoms with Crippen LogP contribution in [0.25, 0.3) is 11.5 Å². The van der Waals surface area contributed by atoms with Crippen LogP contribution in [0.5, 0.6) is 0 Å². The number of carbonyl (C=O) groups is 1. The van der Waals surface area contributed by atoms with Crippen LogP contribution in [0.1, 0.15) is 34.9 Å². The van der Waals surface area contributed by atoms with Crippen LogP contribution in [0.3, 0.4) is 0 Å². The molecule has 122 valence electrons. The molecule has 1 fully saturated rings. The first-order chi connectivity index (χ1) is 11.7. The quantitative estimate of drug-likeness (QED) is 0.790. The van der Waals surface area contributed by atoms with Crippen molar-refractivity contribution in [3.05, 3.63) is 48.4 Å². The van der Waals surface area contributed by atoms with Gasteiger partial charge in [-0.05, 0) is 12.8 Å². The van der Waals surface area contributed by atoms with Gasteiger partial charge in [0.15, 0.2) is 5.82 Å². The second-order valence-corrected chi connectivity index (χ2v) is 5.79. The van der Waals surface area contributed by atoms with Crippen molar-refractivity contribution in [3.8, 4) is 11.5 Å². The molecule has 4 rings (SSSR count). The van der Waals surface area contributed by atoms with Crippen LogP contribution in [0.2, 0.25) is 0 Å². The van der Waals surface area contributed by atoms with Crippen LogP contribution < -0.4 is 0 Å². The first-order valence-corrected chi connectivity index (χ1v) is 7.84. The van der Waals surface area contributed by atoms with E-state index in [1.807, 2.05) is 4.90 Å². The molecule has 0 aliphatic carbocycles. The lowest BCUT2D eigenvalue weighted by atomic mass is 10.1. The first kappa shape index (κ1) is 14.6. The number of aryl methyl sites for hydroxylation is 1. The van der Waals surface area contributed by atoms with Gasteiger partial charge in [0.1, 0.15) is 5.69 Å². The minimum absolute atomic E-state index is 0.0263. The highest BCUT2D eigenvalue weighted by molar-refractivity contribution is 5.94. The van der Waals surface area contributed by atoms with Crippen molar-refractivity contribution in [1.29, 1.82) is 0 Å². The maximum absolute atomic E-state index is 12.8. The van der Waals surface area contributed by atoms with Crippen LogP contribution in [0.15, 0.2) is 37.2 Å². The largest absolute Gasteiger partial charge is 0.343 e. The van der Waals surface area contributed by atoms with E-state index in [-0.39, 0.29) is 11.9 Å². The minimum atomic E-state index is -0.105. The van der Waals surface area contributed by atoms with Crippen LogP contribution in [-0.4, -0.2) is 47.1 Å². The Hall–Kier alpha value is -3.03. The van der Waals surface area contributed by atoms with Gasteiger partial charge in [-0.2, -0.15) is 5.10 Å². The number of nitrogens with one attached hydrogen (secondary N) is 1. The van der Waals surface area contributed by atoms with E-state index in [0.717, 1.165) is 18.5 Å². The molecule has 8 nitrogen and oxygen atoms in total. The third-order valence-corrected chi connectivity index (χ3v) is 4.23. The van der Waals surface area contributed by atoms with Crippen LogP contribution in [0, 0.1) is 0 Å². The van der Waals surface area contributed by atoms with Crippen molar-refractivity contribution < 1.29 is 4.79 Å². The zero-order valence-corrected chi connectivity index (χ0v) is 13.3. The number of H-pyrrole nitrogens is 1. The highest BCUT2D eigenvalue weighted by Crippen LogP contribution is 2.35. The molecule has 1 amide bonds. The molecule has 0 spiro atoms. The molecule has 0 saturated carbocycles. The van der Waals surface area contributed by atoms with Gasteiger partial charge in [0.25, 0.3) is 5.91 Å². The Morgan fingerprint density at radius 2 is 2.12 bits per heavy atom. The highest BCUT2D eigenvalue weighted by atomic mass is 16.2. The van der Waals surface area contributed by atoms with Crippen LogP contribution in [0.4, 0.5) is 0 Å². The average molecular weight is 323 g/mol. The van der Waals surface area contributed by atoms with Gasteiger partial charge in [0.05, 0.1) is 23.5 Å². The zero-order valence-electron chi connectivity index (χ0n) is 13.3. The lowest BCUT2D eigenvalue weighted by Gasteiger charge is -2.24. The Kier molecular flexibility index (Phi) is 3.56. The van der Waals surface area contributed by atoms with Crippen molar-refractivity contribution in [2.45, 2.75) is 18.9 Å². The monoisotopic (exact) mass is 323 g/mol. The number of carbonyl (C=O) groups excluding carboxylic acids is 1. The maximum Gasteiger partial charge on any atom is 0.257 e. The molecular weight excluding hydrogens is 306 g/mol. The van der Waals surface area contributed by atoms with Crippen molar-refractivity contribution >= 4 is 5.91 Å². The Morgan fingerprint density at radius 1 is 1.25 bits per heavy atom. The van der Waals surface area contributed by atoms with E-state index in [0.29, 0.717) is 23.6 Å². The van der Waals surface area contributed by atoms with Crippen molar-refractivity contribution in [2.24, 2.45) is 7.05 Å². The van der Waals surface area contributed by atoms with E-state index in [1.165, 1.54) is 0 Å². The Labute approximate surface area is 138 Å². The Balaban J connectivity index is 1.70. The number of hydrogen-bond acceptors (Lipinski definition) is 5. The number of likely N-dealkylation sites (tertiary alicyclic amines) is 1.